The second kappa shape index (κ2) is 7.46. The minimum absolute atomic E-state index is 0.0151. The van der Waals surface area contributed by atoms with E-state index in [9.17, 15) is 4.79 Å². The lowest BCUT2D eigenvalue weighted by molar-refractivity contribution is -0.130. The van der Waals surface area contributed by atoms with E-state index in [-0.39, 0.29) is 24.2 Å². The van der Waals surface area contributed by atoms with Gasteiger partial charge in [-0.3, -0.25) is 4.79 Å². The van der Waals surface area contributed by atoms with Crippen LogP contribution in [0.3, 0.4) is 0 Å². The van der Waals surface area contributed by atoms with Gasteiger partial charge in [0.2, 0.25) is 5.91 Å². The highest BCUT2D eigenvalue weighted by atomic mass is 16.5. The fraction of sp³-hybridized carbons (Fsp3) is 0.588. The Bertz CT molecular complexity index is 467. The summed E-state index contributed by atoms with van der Waals surface area (Å²) in [5.41, 5.74) is 1.03. The standard InChI is InChI=1S/C17H25NO3/c1-4-14(18-17(19)16-10-7-11-20-16)13-8-5-6-9-15(13)21-12(2)3/h5-6,8-9,12,14,16H,4,7,10-11H2,1-3H3,(H,18,19)/t14-,16+/m1/s1. The maximum absolute atomic E-state index is 12.2. The van der Waals surface area contributed by atoms with Crippen molar-refractivity contribution in [2.45, 2.75) is 58.3 Å². The number of nitrogens with one attached hydrogen (secondary N) is 1. The van der Waals surface area contributed by atoms with Gasteiger partial charge in [-0.25, -0.2) is 0 Å². The maximum Gasteiger partial charge on any atom is 0.249 e. The van der Waals surface area contributed by atoms with Crippen LogP contribution in [-0.2, 0) is 9.53 Å². The van der Waals surface area contributed by atoms with Crippen molar-refractivity contribution >= 4 is 5.91 Å². The third kappa shape index (κ3) is 4.21. The molecule has 0 unspecified atom stereocenters. The normalized spacial score (nSPS) is 19.5. The molecule has 21 heavy (non-hydrogen) atoms. The molecule has 1 saturated heterocycles. The molecule has 0 spiro atoms. The third-order valence-electron chi connectivity index (χ3n) is 3.60. The molecule has 0 saturated carbocycles. The Morgan fingerprint density at radius 1 is 1.43 bits per heavy atom. The molecule has 1 aromatic rings. The van der Waals surface area contributed by atoms with Crippen molar-refractivity contribution < 1.29 is 14.3 Å². The summed E-state index contributed by atoms with van der Waals surface area (Å²) >= 11 is 0. The van der Waals surface area contributed by atoms with E-state index in [4.69, 9.17) is 9.47 Å². The number of para-hydroxylation sites is 1. The van der Waals surface area contributed by atoms with Crippen molar-refractivity contribution in [1.29, 1.82) is 0 Å². The molecule has 2 atom stereocenters. The van der Waals surface area contributed by atoms with Gasteiger partial charge in [-0.05, 0) is 39.2 Å². The molecule has 0 bridgehead atoms. The number of amides is 1. The van der Waals surface area contributed by atoms with E-state index in [0.717, 1.165) is 30.6 Å². The van der Waals surface area contributed by atoms with Crippen LogP contribution in [0.25, 0.3) is 0 Å². The van der Waals surface area contributed by atoms with Crippen LogP contribution in [0.1, 0.15) is 51.6 Å². The van der Waals surface area contributed by atoms with Gasteiger partial charge < -0.3 is 14.8 Å². The van der Waals surface area contributed by atoms with Crippen LogP contribution in [0.4, 0.5) is 0 Å². The lowest BCUT2D eigenvalue weighted by atomic mass is 10.0. The summed E-state index contributed by atoms with van der Waals surface area (Å²) < 4.78 is 11.3. The Morgan fingerprint density at radius 3 is 2.81 bits per heavy atom. The summed E-state index contributed by atoms with van der Waals surface area (Å²) in [6.07, 6.45) is 2.40. The van der Waals surface area contributed by atoms with Gasteiger partial charge in [-0.2, -0.15) is 0 Å². The van der Waals surface area contributed by atoms with E-state index >= 15 is 0 Å². The highest BCUT2D eigenvalue weighted by Crippen LogP contribution is 2.28. The van der Waals surface area contributed by atoms with Gasteiger partial charge in [0.05, 0.1) is 12.1 Å². The number of ether oxygens (including phenoxy) is 2. The molecule has 1 N–H and O–H groups in total. The zero-order valence-corrected chi connectivity index (χ0v) is 13.1. The first-order valence-corrected chi connectivity index (χ1v) is 7.79. The molecular formula is C17H25NO3. The van der Waals surface area contributed by atoms with Crippen LogP contribution < -0.4 is 10.1 Å². The van der Waals surface area contributed by atoms with Crippen molar-refractivity contribution in [3.8, 4) is 5.75 Å². The van der Waals surface area contributed by atoms with E-state index in [0.29, 0.717) is 6.61 Å². The van der Waals surface area contributed by atoms with Gasteiger partial charge in [0, 0.05) is 12.2 Å². The predicted molar refractivity (Wildman–Crippen MR) is 82.4 cm³/mol. The zero-order valence-electron chi connectivity index (χ0n) is 13.1. The Hall–Kier alpha value is -1.55. The van der Waals surface area contributed by atoms with Crippen LogP contribution in [0.5, 0.6) is 5.75 Å². The first kappa shape index (κ1) is 15.8. The first-order chi connectivity index (χ1) is 10.1. The van der Waals surface area contributed by atoms with Crippen molar-refractivity contribution in [3.05, 3.63) is 29.8 Å². The van der Waals surface area contributed by atoms with Gasteiger partial charge in [-0.15, -0.1) is 0 Å². The monoisotopic (exact) mass is 291 g/mol. The Labute approximate surface area is 126 Å². The summed E-state index contributed by atoms with van der Waals surface area (Å²) in [4.78, 5) is 12.2. The second-order valence-electron chi connectivity index (χ2n) is 5.68. The molecule has 4 heteroatoms. The van der Waals surface area contributed by atoms with Crippen LogP contribution in [0, 0.1) is 0 Å². The van der Waals surface area contributed by atoms with E-state index in [2.05, 4.69) is 12.2 Å². The minimum atomic E-state index is -0.294. The number of carbonyl (C=O) groups is 1. The Kier molecular flexibility index (Phi) is 5.62. The maximum atomic E-state index is 12.2. The summed E-state index contributed by atoms with van der Waals surface area (Å²) in [6, 6.07) is 7.86. The van der Waals surface area contributed by atoms with Gasteiger partial charge in [0.25, 0.3) is 0 Å². The molecule has 1 aliphatic heterocycles. The highest BCUT2D eigenvalue weighted by molar-refractivity contribution is 5.81. The zero-order chi connectivity index (χ0) is 15.2. The average molecular weight is 291 g/mol. The largest absolute Gasteiger partial charge is 0.491 e. The predicted octanol–water partition coefficient (Wildman–Crippen LogP) is 3.22. The Balaban J connectivity index is 2.11. The van der Waals surface area contributed by atoms with Gasteiger partial charge in [0.15, 0.2) is 0 Å². The first-order valence-electron chi connectivity index (χ1n) is 7.79. The molecule has 1 aliphatic rings. The van der Waals surface area contributed by atoms with Crippen molar-refractivity contribution in [3.63, 3.8) is 0 Å². The molecule has 0 aromatic heterocycles. The lowest BCUT2D eigenvalue weighted by Gasteiger charge is -2.23. The fourth-order valence-electron chi connectivity index (χ4n) is 2.58. The lowest BCUT2D eigenvalue weighted by Crippen LogP contribution is -2.36. The van der Waals surface area contributed by atoms with Crippen LogP contribution in [0.2, 0.25) is 0 Å². The topological polar surface area (TPSA) is 47.6 Å². The van der Waals surface area contributed by atoms with E-state index < -0.39 is 0 Å². The van der Waals surface area contributed by atoms with Crippen LogP contribution in [0.15, 0.2) is 24.3 Å². The number of hydrogen-bond donors (Lipinski definition) is 1. The minimum Gasteiger partial charge on any atom is -0.491 e. The number of rotatable bonds is 6. The van der Waals surface area contributed by atoms with Gasteiger partial charge >= 0.3 is 0 Å². The second-order valence-corrected chi connectivity index (χ2v) is 5.68. The molecule has 0 radical (unpaired) electrons. The molecule has 1 heterocycles. The van der Waals surface area contributed by atoms with Crippen molar-refractivity contribution in [1.82, 2.24) is 5.32 Å². The number of benzene rings is 1. The van der Waals surface area contributed by atoms with Crippen LogP contribution in [-0.4, -0.2) is 24.7 Å². The van der Waals surface area contributed by atoms with Crippen LogP contribution >= 0.6 is 0 Å². The summed E-state index contributed by atoms with van der Waals surface area (Å²) in [6.45, 7) is 6.75. The fourth-order valence-corrected chi connectivity index (χ4v) is 2.58. The van der Waals surface area contributed by atoms with Crippen molar-refractivity contribution in [2.75, 3.05) is 6.61 Å². The quantitative estimate of drug-likeness (QED) is 0.875. The van der Waals surface area contributed by atoms with E-state index in [1.165, 1.54) is 0 Å². The Morgan fingerprint density at radius 2 is 2.19 bits per heavy atom. The number of hydrogen-bond acceptors (Lipinski definition) is 3. The molecule has 1 aromatic carbocycles. The summed E-state index contributed by atoms with van der Waals surface area (Å²) in [5.74, 6) is 0.825. The average Bonchev–Trinajstić information content (AvgIpc) is 2.99. The highest BCUT2D eigenvalue weighted by Gasteiger charge is 2.26. The molecule has 2 rings (SSSR count). The molecule has 0 aliphatic carbocycles. The van der Waals surface area contributed by atoms with E-state index in [1.807, 2.05) is 38.1 Å². The van der Waals surface area contributed by atoms with Gasteiger partial charge in [0.1, 0.15) is 11.9 Å². The molecular weight excluding hydrogens is 266 g/mol. The molecule has 1 amide bonds. The van der Waals surface area contributed by atoms with Gasteiger partial charge in [-0.1, -0.05) is 25.1 Å². The smallest absolute Gasteiger partial charge is 0.249 e. The van der Waals surface area contributed by atoms with Crippen molar-refractivity contribution in [2.24, 2.45) is 0 Å². The third-order valence-corrected chi connectivity index (χ3v) is 3.60. The summed E-state index contributed by atoms with van der Waals surface area (Å²) in [5, 5.41) is 3.09. The number of carbonyl (C=O) groups excluding carboxylic acids is 1. The molecule has 4 nitrogen and oxygen atoms in total. The summed E-state index contributed by atoms with van der Waals surface area (Å²) in [7, 11) is 0. The SMILES string of the molecule is CC[C@@H](NC(=O)[C@@H]1CCCO1)c1ccccc1OC(C)C. The molecule has 116 valence electrons. The molecule has 1 fully saturated rings. The van der Waals surface area contributed by atoms with E-state index in [1.54, 1.807) is 0 Å².